The van der Waals surface area contributed by atoms with Gasteiger partial charge in [-0.1, -0.05) is 0 Å². The Labute approximate surface area is 80.3 Å². The number of halogens is 1. The molecule has 1 heterocycles. The Morgan fingerprint density at radius 3 is 3.17 bits per heavy atom. The highest BCUT2D eigenvalue weighted by Crippen LogP contribution is 2.35. The molecule has 0 aromatic carbocycles. The largest absolute Gasteiger partial charge is 0.359 e. The highest BCUT2D eigenvalue weighted by molar-refractivity contribution is 7.09. The van der Waals surface area contributed by atoms with Crippen LogP contribution in [0.1, 0.15) is 12.8 Å². The van der Waals surface area contributed by atoms with E-state index in [1.165, 1.54) is 24.4 Å². The van der Waals surface area contributed by atoms with E-state index in [4.69, 9.17) is 11.6 Å². The van der Waals surface area contributed by atoms with Gasteiger partial charge in [0.1, 0.15) is 6.33 Å². The van der Waals surface area contributed by atoms with Gasteiger partial charge in [-0.15, -0.1) is 11.6 Å². The molecule has 1 N–H and O–H groups in total. The average molecular weight is 204 g/mol. The third kappa shape index (κ3) is 2.08. The second-order valence-corrected chi connectivity index (χ2v) is 4.32. The van der Waals surface area contributed by atoms with Crippen molar-refractivity contribution in [3.63, 3.8) is 0 Å². The fraction of sp³-hybridized carbons (Fsp3) is 0.714. The van der Waals surface area contributed by atoms with Crippen molar-refractivity contribution < 1.29 is 0 Å². The van der Waals surface area contributed by atoms with Gasteiger partial charge in [0.2, 0.25) is 5.13 Å². The van der Waals surface area contributed by atoms with Gasteiger partial charge in [0.05, 0.1) is 5.38 Å². The van der Waals surface area contributed by atoms with Crippen molar-refractivity contribution in [3.8, 4) is 0 Å². The number of nitrogens with one attached hydrogen (secondary N) is 1. The molecular weight excluding hydrogens is 194 g/mol. The quantitative estimate of drug-likeness (QED) is 0.761. The molecule has 1 aliphatic rings. The molecule has 1 aliphatic carbocycles. The van der Waals surface area contributed by atoms with E-state index in [0.29, 0.717) is 0 Å². The summed E-state index contributed by atoms with van der Waals surface area (Å²) in [7, 11) is 0. The summed E-state index contributed by atoms with van der Waals surface area (Å²) in [4.78, 5) is 4.01. The minimum Gasteiger partial charge on any atom is -0.359 e. The van der Waals surface area contributed by atoms with Crippen molar-refractivity contribution in [2.75, 3.05) is 11.9 Å². The summed E-state index contributed by atoms with van der Waals surface area (Å²) >= 11 is 7.46. The second-order valence-electron chi connectivity index (χ2n) is 2.98. The number of aromatic nitrogens is 2. The lowest BCUT2D eigenvalue weighted by Gasteiger charge is -2.06. The van der Waals surface area contributed by atoms with Crippen molar-refractivity contribution in [3.05, 3.63) is 6.33 Å². The van der Waals surface area contributed by atoms with Gasteiger partial charge in [-0.2, -0.15) is 4.37 Å². The van der Waals surface area contributed by atoms with E-state index in [1.54, 1.807) is 6.33 Å². The molecule has 1 aromatic rings. The lowest BCUT2D eigenvalue weighted by atomic mass is 10.3. The Morgan fingerprint density at radius 1 is 1.75 bits per heavy atom. The van der Waals surface area contributed by atoms with Crippen molar-refractivity contribution in [2.24, 2.45) is 5.92 Å². The van der Waals surface area contributed by atoms with Crippen molar-refractivity contribution in [2.45, 2.75) is 18.2 Å². The van der Waals surface area contributed by atoms with Crippen LogP contribution in [0.25, 0.3) is 0 Å². The Balaban J connectivity index is 1.74. The van der Waals surface area contributed by atoms with Crippen LogP contribution in [-0.2, 0) is 0 Å². The van der Waals surface area contributed by atoms with E-state index in [0.717, 1.165) is 17.6 Å². The summed E-state index contributed by atoms with van der Waals surface area (Å²) in [5.41, 5.74) is 0. The molecular formula is C7H10ClN3S. The van der Waals surface area contributed by atoms with E-state index in [9.17, 15) is 0 Å². The summed E-state index contributed by atoms with van der Waals surface area (Å²) in [6.45, 7) is 0.807. The summed E-state index contributed by atoms with van der Waals surface area (Å²) in [6, 6.07) is 0. The molecule has 1 aromatic heterocycles. The monoisotopic (exact) mass is 203 g/mol. The van der Waals surface area contributed by atoms with E-state index < -0.39 is 0 Å². The summed E-state index contributed by atoms with van der Waals surface area (Å²) in [5.74, 6) is 0.729. The normalized spacial score (nSPS) is 19.1. The third-order valence-electron chi connectivity index (χ3n) is 1.94. The standard InChI is InChI=1S/C7H10ClN3S/c8-6(5-1-2-5)3-9-7-10-4-11-12-7/h4-6H,1-3H2,(H,9,10,11). The molecule has 12 heavy (non-hydrogen) atoms. The number of rotatable bonds is 4. The van der Waals surface area contributed by atoms with Crippen LogP contribution in [0, 0.1) is 5.92 Å². The molecule has 1 fully saturated rings. The Morgan fingerprint density at radius 2 is 2.58 bits per heavy atom. The van der Waals surface area contributed by atoms with E-state index in [2.05, 4.69) is 14.7 Å². The smallest absolute Gasteiger partial charge is 0.202 e. The van der Waals surface area contributed by atoms with Gasteiger partial charge in [0.15, 0.2) is 0 Å². The zero-order chi connectivity index (χ0) is 8.39. The minimum atomic E-state index is 0.258. The summed E-state index contributed by atoms with van der Waals surface area (Å²) in [5, 5.41) is 4.28. The first-order valence-electron chi connectivity index (χ1n) is 4.01. The molecule has 0 amide bonds. The van der Waals surface area contributed by atoms with Crippen molar-refractivity contribution >= 4 is 28.3 Å². The molecule has 0 bridgehead atoms. The van der Waals surface area contributed by atoms with Crippen LogP contribution in [0.5, 0.6) is 0 Å². The number of anilines is 1. The Hall–Kier alpha value is -0.350. The van der Waals surface area contributed by atoms with E-state index in [-0.39, 0.29) is 5.38 Å². The average Bonchev–Trinajstić information content (AvgIpc) is 2.80. The lowest BCUT2D eigenvalue weighted by molar-refractivity contribution is 0.770. The van der Waals surface area contributed by atoms with Crippen LogP contribution < -0.4 is 5.32 Å². The van der Waals surface area contributed by atoms with Crippen LogP contribution in [0.4, 0.5) is 5.13 Å². The molecule has 0 aliphatic heterocycles. The number of hydrogen-bond donors (Lipinski definition) is 1. The van der Waals surface area contributed by atoms with Crippen LogP contribution in [-0.4, -0.2) is 21.3 Å². The van der Waals surface area contributed by atoms with Crippen molar-refractivity contribution in [1.29, 1.82) is 0 Å². The minimum absolute atomic E-state index is 0.258. The van der Waals surface area contributed by atoms with Gasteiger partial charge < -0.3 is 5.32 Å². The molecule has 1 unspecified atom stereocenters. The Bertz CT molecular complexity index is 235. The SMILES string of the molecule is ClC(CNc1ncns1)C1CC1. The van der Waals surface area contributed by atoms with Crippen LogP contribution >= 0.6 is 23.1 Å². The van der Waals surface area contributed by atoms with E-state index in [1.807, 2.05) is 0 Å². The van der Waals surface area contributed by atoms with Crippen LogP contribution in [0.2, 0.25) is 0 Å². The maximum Gasteiger partial charge on any atom is 0.202 e. The second kappa shape index (κ2) is 3.58. The number of hydrogen-bond acceptors (Lipinski definition) is 4. The first kappa shape index (κ1) is 8.26. The predicted octanol–water partition coefficient (Wildman–Crippen LogP) is 1.97. The number of nitrogens with zero attached hydrogens (tertiary/aromatic N) is 2. The van der Waals surface area contributed by atoms with Crippen molar-refractivity contribution in [1.82, 2.24) is 9.36 Å². The first-order chi connectivity index (χ1) is 5.86. The fourth-order valence-electron chi connectivity index (χ4n) is 1.06. The summed E-state index contributed by atoms with van der Waals surface area (Å²) < 4.78 is 3.89. The van der Waals surface area contributed by atoms with Gasteiger partial charge in [0, 0.05) is 18.1 Å². The molecule has 5 heteroatoms. The molecule has 1 saturated carbocycles. The molecule has 2 rings (SSSR count). The van der Waals surface area contributed by atoms with Gasteiger partial charge in [-0.3, -0.25) is 0 Å². The van der Waals surface area contributed by atoms with Gasteiger partial charge in [-0.05, 0) is 18.8 Å². The first-order valence-corrected chi connectivity index (χ1v) is 5.22. The Kier molecular flexibility index (Phi) is 2.46. The molecule has 66 valence electrons. The third-order valence-corrected chi connectivity index (χ3v) is 3.08. The molecule has 0 radical (unpaired) electrons. The zero-order valence-electron chi connectivity index (χ0n) is 6.53. The predicted molar refractivity (Wildman–Crippen MR) is 50.8 cm³/mol. The highest BCUT2D eigenvalue weighted by Gasteiger charge is 2.29. The molecule has 3 nitrogen and oxygen atoms in total. The highest BCUT2D eigenvalue weighted by atomic mass is 35.5. The maximum absolute atomic E-state index is 6.09. The molecule has 1 atom stereocenters. The molecule has 0 saturated heterocycles. The van der Waals surface area contributed by atoms with Gasteiger partial charge in [0.25, 0.3) is 0 Å². The topological polar surface area (TPSA) is 37.8 Å². The fourth-order valence-corrected chi connectivity index (χ4v) is 1.83. The maximum atomic E-state index is 6.09. The van der Waals surface area contributed by atoms with Crippen LogP contribution in [0.15, 0.2) is 6.33 Å². The van der Waals surface area contributed by atoms with Gasteiger partial charge >= 0.3 is 0 Å². The van der Waals surface area contributed by atoms with Crippen LogP contribution in [0.3, 0.4) is 0 Å². The van der Waals surface area contributed by atoms with Gasteiger partial charge in [-0.25, -0.2) is 4.98 Å². The molecule has 0 spiro atoms. The number of alkyl halides is 1. The van der Waals surface area contributed by atoms with E-state index >= 15 is 0 Å². The lowest BCUT2D eigenvalue weighted by Crippen LogP contribution is -2.15. The zero-order valence-corrected chi connectivity index (χ0v) is 8.11. The summed E-state index contributed by atoms with van der Waals surface area (Å²) in [6.07, 6.45) is 4.12.